The van der Waals surface area contributed by atoms with Crippen molar-refractivity contribution in [3.63, 3.8) is 0 Å². The number of rotatable bonds is 0. The van der Waals surface area contributed by atoms with Gasteiger partial charge >= 0.3 is 0 Å². The van der Waals surface area contributed by atoms with Crippen molar-refractivity contribution >= 4 is 5.69 Å². The maximum absolute atomic E-state index is 5.30. The number of nitrogens with one attached hydrogen (secondary N) is 1. The van der Waals surface area contributed by atoms with E-state index in [4.69, 9.17) is 4.74 Å². The molecule has 0 unspecified atom stereocenters. The molecular weight excluding hydrogens is 142 g/mol. The van der Waals surface area contributed by atoms with Crippen LogP contribution in [-0.4, -0.2) is 16.9 Å². The lowest BCUT2D eigenvalue weighted by Gasteiger charge is -2.00. The van der Waals surface area contributed by atoms with Crippen LogP contribution in [-0.2, 0) is 0 Å². The van der Waals surface area contributed by atoms with Gasteiger partial charge in [0.05, 0.1) is 5.69 Å². The van der Waals surface area contributed by atoms with Gasteiger partial charge in [-0.05, 0) is 13.8 Å². The molecule has 1 N–H and O–H groups in total. The minimum absolute atomic E-state index is 0.532. The number of ether oxygens (including phenoxy) is 1. The molecule has 0 spiro atoms. The minimum Gasteiger partial charge on any atom is -0.469 e. The van der Waals surface area contributed by atoms with Crippen LogP contribution < -0.4 is 10.1 Å². The van der Waals surface area contributed by atoms with Gasteiger partial charge in [-0.25, -0.2) is 0 Å². The average Bonchev–Trinajstić information content (AvgIpc) is 2.45. The van der Waals surface area contributed by atoms with E-state index >= 15 is 0 Å². The molecule has 4 heteroatoms. The summed E-state index contributed by atoms with van der Waals surface area (Å²) >= 11 is 0. The maximum Gasteiger partial charge on any atom is 0.170 e. The summed E-state index contributed by atoms with van der Waals surface area (Å²) in [5, 5.41) is 11.0. The lowest BCUT2D eigenvalue weighted by molar-refractivity contribution is 0.368. The molecular formula is C7H9N3O. The van der Waals surface area contributed by atoms with Gasteiger partial charge in [-0.15, -0.1) is 0 Å². The van der Waals surface area contributed by atoms with E-state index in [0.717, 1.165) is 22.8 Å². The number of aryl methyl sites for hydroxylation is 2. The number of anilines is 1. The SMILES string of the molecule is Cc1nnc(C)c2c1NCO2. The topological polar surface area (TPSA) is 47.0 Å². The smallest absolute Gasteiger partial charge is 0.170 e. The summed E-state index contributed by atoms with van der Waals surface area (Å²) in [6.07, 6.45) is 0. The third-order valence-corrected chi connectivity index (χ3v) is 1.73. The van der Waals surface area contributed by atoms with Gasteiger partial charge in [0.2, 0.25) is 0 Å². The van der Waals surface area contributed by atoms with Crippen LogP contribution in [0, 0.1) is 13.8 Å². The highest BCUT2D eigenvalue weighted by Crippen LogP contribution is 2.32. The van der Waals surface area contributed by atoms with Crippen LogP contribution in [0.2, 0.25) is 0 Å². The molecule has 2 rings (SSSR count). The molecule has 0 bridgehead atoms. The fourth-order valence-electron chi connectivity index (χ4n) is 1.16. The van der Waals surface area contributed by atoms with Crippen LogP contribution in [0.5, 0.6) is 5.75 Å². The molecule has 58 valence electrons. The van der Waals surface area contributed by atoms with E-state index in [0.29, 0.717) is 6.73 Å². The van der Waals surface area contributed by atoms with Gasteiger partial charge < -0.3 is 10.1 Å². The van der Waals surface area contributed by atoms with Crippen LogP contribution >= 0.6 is 0 Å². The second-order valence-electron chi connectivity index (χ2n) is 2.54. The Morgan fingerprint density at radius 1 is 1.27 bits per heavy atom. The Morgan fingerprint density at radius 3 is 2.73 bits per heavy atom. The number of nitrogens with zero attached hydrogens (tertiary/aromatic N) is 2. The number of hydrogen-bond acceptors (Lipinski definition) is 4. The van der Waals surface area contributed by atoms with Crippen molar-refractivity contribution in [2.75, 3.05) is 12.0 Å². The molecule has 0 aliphatic carbocycles. The molecule has 0 amide bonds. The molecule has 4 nitrogen and oxygen atoms in total. The highest BCUT2D eigenvalue weighted by molar-refractivity contribution is 5.62. The Bertz CT molecular complexity index is 269. The Balaban J connectivity index is 2.64. The summed E-state index contributed by atoms with van der Waals surface area (Å²) in [6.45, 7) is 4.33. The zero-order valence-electron chi connectivity index (χ0n) is 6.51. The first-order valence-corrected chi connectivity index (χ1v) is 3.49. The molecule has 0 fully saturated rings. The first-order valence-electron chi connectivity index (χ1n) is 3.49. The van der Waals surface area contributed by atoms with Crippen molar-refractivity contribution in [2.24, 2.45) is 0 Å². The highest BCUT2D eigenvalue weighted by atomic mass is 16.5. The lowest BCUT2D eigenvalue weighted by atomic mass is 10.3. The van der Waals surface area contributed by atoms with Gasteiger partial charge in [-0.3, -0.25) is 0 Å². The van der Waals surface area contributed by atoms with Crippen molar-refractivity contribution in [1.82, 2.24) is 10.2 Å². The van der Waals surface area contributed by atoms with E-state index in [1.807, 2.05) is 13.8 Å². The second-order valence-corrected chi connectivity index (χ2v) is 2.54. The average molecular weight is 151 g/mol. The van der Waals surface area contributed by atoms with E-state index < -0.39 is 0 Å². The monoisotopic (exact) mass is 151 g/mol. The van der Waals surface area contributed by atoms with E-state index in [9.17, 15) is 0 Å². The fourth-order valence-corrected chi connectivity index (χ4v) is 1.16. The summed E-state index contributed by atoms with van der Waals surface area (Å²) in [4.78, 5) is 0. The van der Waals surface area contributed by atoms with Gasteiger partial charge in [-0.2, -0.15) is 10.2 Å². The molecule has 2 heterocycles. The molecule has 1 aromatic heterocycles. The molecule has 1 aromatic rings. The van der Waals surface area contributed by atoms with Crippen molar-refractivity contribution in [2.45, 2.75) is 13.8 Å². The molecule has 1 aliphatic heterocycles. The van der Waals surface area contributed by atoms with Crippen LogP contribution in [0.3, 0.4) is 0 Å². The normalized spacial score (nSPS) is 13.6. The standard InChI is InChI=1S/C7H9N3O/c1-4-6-7(11-3-8-6)5(2)10-9-4/h8H,3H2,1-2H3. The fraction of sp³-hybridized carbons (Fsp3) is 0.429. The molecule has 0 radical (unpaired) electrons. The molecule has 1 aliphatic rings. The first-order chi connectivity index (χ1) is 5.29. The number of hydrogen-bond donors (Lipinski definition) is 1. The lowest BCUT2D eigenvalue weighted by Crippen LogP contribution is -1.97. The van der Waals surface area contributed by atoms with E-state index in [2.05, 4.69) is 15.5 Å². The Labute approximate surface area is 64.6 Å². The zero-order chi connectivity index (χ0) is 7.84. The van der Waals surface area contributed by atoms with Gasteiger partial charge in [0.1, 0.15) is 11.4 Å². The van der Waals surface area contributed by atoms with Crippen molar-refractivity contribution < 1.29 is 4.74 Å². The predicted octanol–water partition coefficient (Wildman–Crippen LogP) is 0.855. The van der Waals surface area contributed by atoms with Crippen molar-refractivity contribution in [3.05, 3.63) is 11.4 Å². The van der Waals surface area contributed by atoms with Gasteiger partial charge in [-0.1, -0.05) is 0 Å². The second kappa shape index (κ2) is 2.08. The Kier molecular flexibility index (Phi) is 1.21. The van der Waals surface area contributed by atoms with Crippen molar-refractivity contribution in [3.8, 4) is 5.75 Å². The predicted molar refractivity (Wildman–Crippen MR) is 40.6 cm³/mol. The Hall–Kier alpha value is -1.32. The summed E-state index contributed by atoms with van der Waals surface area (Å²) < 4.78 is 5.30. The highest BCUT2D eigenvalue weighted by Gasteiger charge is 2.17. The summed E-state index contributed by atoms with van der Waals surface area (Å²) in [7, 11) is 0. The summed E-state index contributed by atoms with van der Waals surface area (Å²) in [5.74, 6) is 0.845. The van der Waals surface area contributed by atoms with Crippen LogP contribution in [0.25, 0.3) is 0 Å². The van der Waals surface area contributed by atoms with Crippen LogP contribution in [0.1, 0.15) is 11.4 Å². The molecule has 0 saturated carbocycles. The third kappa shape index (κ3) is 0.824. The van der Waals surface area contributed by atoms with E-state index in [1.54, 1.807) is 0 Å². The summed E-state index contributed by atoms with van der Waals surface area (Å²) in [5.41, 5.74) is 2.72. The molecule has 0 atom stereocenters. The third-order valence-electron chi connectivity index (χ3n) is 1.73. The Morgan fingerprint density at radius 2 is 2.00 bits per heavy atom. The number of aromatic nitrogens is 2. The van der Waals surface area contributed by atoms with Crippen LogP contribution in [0.4, 0.5) is 5.69 Å². The maximum atomic E-state index is 5.30. The quantitative estimate of drug-likeness (QED) is 0.597. The first kappa shape index (κ1) is 6.39. The minimum atomic E-state index is 0.532. The largest absolute Gasteiger partial charge is 0.469 e. The summed E-state index contributed by atoms with van der Waals surface area (Å²) in [6, 6.07) is 0. The molecule has 11 heavy (non-hydrogen) atoms. The van der Waals surface area contributed by atoms with Gasteiger partial charge in [0.25, 0.3) is 0 Å². The molecule has 0 aromatic carbocycles. The molecule has 0 saturated heterocycles. The van der Waals surface area contributed by atoms with Gasteiger partial charge in [0, 0.05) is 0 Å². The van der Waals surface area contributed by atoms with E-state index in [1.165, 1.54) is 0 Å². The van der Waals surface area contributed by atoms with E-state index in [-0.39, 0.29) is 0 Å². The van der Waals surface area contributed by atoms with Gasteiger partial charge in [0.15, 0.2) is 12.5 Å². The van der Waals surface area contributed by atoms with Crippen LogP contribution in [0.15, 0.2) is 0 Å². The number of fused-ring (bicyclic) bond motifs is 1. The van der Waals surface area contributed by atoms with Crippen molar-refractivity contribution in [1.29, 1.82) is 0 Å². The zero-order valence-corrected chi connectivity index (χ0v) is 6.51.